The Balaban J connectivity index is 3.28. The fourth-order valence-corrected chi connectivity index (χ4v) is 0.345. The van der Waals surface area contributed by atoms with Crippen LogP contribution in [0.25, 0.3) is 0 Å². The largest absolute Gasteiger partial charge is 0.496 e. The molecule has 0 radical (unpaired) electrons. The maximum Gasteiger partial charge on any atom is 0.496 e. The average Bonchev–Trinajstić information content (AvgIpc) is 1.63. The van der Waals surface area contributed by atoms with Crippen molar-refractivity contribution in [3.8, 4) is 0 Å². The van der Waals surface area contributed by atoms with Crippen LogP contribution in [-0.2, 0) is 14.1 Å². The van der Waals surface area contributed by atoms with E-state index < -0.39 is 7.82 Å². The van der Waals surface area contributed by atoms with Crippen LogP contribution < -0.4 is 0 Å². The van der Waals surface area contributed by atoms with Gasteiger partial charge in [0.25, 0.3) is 0 Å². The van der Waals surface area contributed by atoms with Crippen molar-refractivity contribution in [2.75, 3.05) is 6.61 Å². The molecule has 0 bridgehead atoms. The summed E-state index contributed by atoms with van der Waals surface area (Å²) in [5.41, 5.74) is 0. The molecular weight excluding hydrogens is 147 g/mol. The summed E-state index contributed by atoms with van der Waals surface area (Å²) in [5, 5.41) is 0. The topological polar surface area (TPSA) is 76.0 Å². The molecule has 0 aromatic heterocycles. The van der Waals surface area contributed by atoms with Crippen LogP contribution in [0.4, 0.5) is 0 Å². The standard InChI is InChI=1S/C3H7O5P/c1-2-3-7-8-9(4,5)6/h2H,1,3H2,(H2,4,5,6). The van der Waals surface area contributed by atoms with Crippen LogP contribution in [0.5, 0.6) is 0 Å². The molecule has 0 aliphatic carbocycles. The van der Waals surface area contributed by atoms with E-state index in [2.05, 4.69) is 16.1 Å². The number of hydrogen-bond donors (Lipinski definition) is 2. The lowest BCUT2D eigenvalue weighted by Gasteiger charge is -2.00. The molecule has 0 spiro atoms. The lowest BCUT2D eigenvalue weighted by atomic mass is 10.7. The Morgan fingerprint density at radius 2 is 2.22 bits per heavy atom. The van der Waals surface area contributed by atoms with Gasteiger partial charge in [0.05, 0.1) is 0 Å². The molecular formula is C3H7O5P. The highest BCUT2D eigenvalue weighted by Gasteiger charge is 2.13. The second kappa shape index (κ2) is 3.76. The first kappa shape index (κ1) is 8.81. The van der Waals surface area contributed by atoms with Gasteiger partial charge in [-0.2, -0.15) is 0 Å². The summed E-state index contributed by atoms with van der Waals surface area (Å²) in [6.07, 6.45) is 1.30. The molecule has 0 aliphatic rings. The number of phosphoric acid groups is 1. The van der Waals surface area contributed by atoms with E-state index in [0.29, 0.717) is 0 Å². The van der Waals surface area contributed by atoms with E-state index in [-0.39, 0.29) is 6.61 Å². The normalized spacial score (nSPS) is 11.3. The van der Waals surface area contributed by atoms with E-state index >= 15 is 0 Å². The van der Waals surface area contributed by atoms with Crippen molar-refractivity contribution in [3.05, 3.63) is 12.7 Å². The molecule has 0 rings (SSSR count). The molecule has 0 amide bonds. The van der Waals surface area contributed by atoms with E-state index in [9.17, 15) is 4.57 Å². The Morgan fingerprint density at radius 3 is 2.56 bits per heavy atom. The Kier molecular flexibility index (Phi) is 3.68. The molecule has 5 nitrogen and oxygen atoms in total. The Labute approximate surface area is 52.1 Å². The van der Waals surface area contributed by atoms with E-state index in [1.165, 1.54) is 6.08 Å². The van der Waals surface area contributed by atoms with Gasteiger partial charge in [-0.05, 0) is 0 Å². The van der Waals surface area contributed by atoms with Gasteiger partial charge in [-0.25, -0.2) is 9.45 Å². The van der Waals surface area contributed by atoms with Crippen LogP contribution >= 0.6 is 7.82 Å². The maximum atomic E-state index is 9.82. The van der Waals surface area contributed by atoms with Crippen LogP contribution in [-0.4, -0.2) is 16.4 Å². The molecule has 0 atom stereocenters. The van der Waals surface area contributed by atoms with Gasteiger partial charge in [0.15, 0.2) is 0 Å². The quantitative estimate of drug-likeness (QED) is 0.199. The predicted octanol–water partition coefficient (Wildman–Crippen LogP) is 0.213. The first-order valence-corrected chi connectivity index (χ1v) is 3.57. The highest BCUT2D eigenvalue weighted by molar-refractivity contribution is 7.46. The van der Waals surface area contributed by atoms with Crippen molar-refractivity contribution in [2.45, 2.75) is 0 Å². The number of hydrogen-bond acceptors (Lipinski definition) is 3. The molecule has 0 saturated carbocycles. The van der Waals surface area contributed by atoms with Crippen molar-refractivity contribution in [1.82, 2.24) is 0 Å². The summed E-state index contributed by atoms with van der Waals surface area (Å²) in [6.45, 7) is 3.17. The first-order chi connectivity index (χ1) is 4.06. The minimum absolute atomic E-state index is 0.0505. The molecule has 0 heterocycles. The van der Waals surface area contributed by atoms with Crippen molar-refractivity contribution >= 4 is 7.82 Å². The van der Waals surface area contributed by atoms with Crippen LogP contribution in [0, 0.1) is 0 Å². The Morgan fingerprint density at radius 1 is 1.67 bits per heavy atom. The van der Waals surface area contributed by atoms with Crippen LogP contribution in [0.3, 0.4) is 0 Å². The second-order valence-corrected chi connectivity index (χ2v) is 2.27. The monoisotopic (exact) mass is 154 g/mol. The zero-order chi connectivity index (χ0) is 7.33. The summed E-state index contributed by atoms with van der Waals surface area (Å²) in [5.74, 6) is 0. The molecule has 2 N–H and O–H groups in total. The van der Waals surface area contributed by atoms with Crippen molar-refractivity contribution in [1.29, 1.82) is 0 Å². The van der Waals surface area contributed by atoms with E-state index in [4.69, 9.17) is 9.79 Å². The second-order valence-electron chi connectivity index (χ2n) is 1.14. The Bertz CT molecular complexity index is 126. The van der Waals surface area contributed by atoms with Gasteiger partial charge >= 0.3 is 7.82 Å². The fourth-order valence-electron chi connectivity index (χ4n) is 0.147. The minimum Gasteiger partial charge on any atom is -0.301 e. The van der Waals surface area contributed by atoms with Crippen LogP contribution in [0.2, 0.25) is 0 Å². The van der Waals surface area contributed by atoms with Crippen molar-refractivity contribution < 1.29 is 23.9 Å². The third-order valence-electron chi connectivity index (χ3n) is 0.336. The summed E-state index contributed by atoms with van der Waals surface area (Å²) < 4.78 is 13.4. The maximum absolute atomic E-state index is 9.82. The Hall–Kier alpha value is -0.190. The van der Waals surface area contributed by atoms with Crippen LogP contribution in [0.15, 0.2) is 12.7 Å². The SMILES string of the molecule is C=CCOOP(=O)(O)O. The third kappa shape index (κ3) is 7.81. The zero-order valence-electron chi connectivity index (χ0n) is 4.56. The summed E-state index contributed by atoms with van der Waals surface area (Å²) >= 11 is 0. The lowest BCUT2D eigenvalue weighted by Crippen LogP contribution is -1.90. The number of rotatable bonds is 4. The third-order valence-corrected chi connectivity index (χ3v) is 0.635. The van der Waals surface area contributed by atoms with E-state index in [0.717, 1.165) is 0 Å². The molecule has 6 heteroatoms. The minimum atomic E-state index is -4.47. The van der Waals surface area contributed by atoms with Gasteiger partial charge in [0.1, 0.15) is 6.61 Å². The van der Waals surface area contributed by atoms with Gasteiger partial charge in [-0.15, -0.1) is 11.3 Å². The predicted molar refractivity (Wildman–Crippen MR) is 29.3 cm³/mol. The smallest absolute Gasteiger partial charge is 0.301 e. The van der Waals surface area contributed by atoms with E-state index in [1.807, 2.05) is 0 Å². The van der Waals surface area contributed by atoms with Crippen LogP contribution in [0.1, 0.15) is 0 Å². The van der Waals surface area contributed by atoms with E-state index in [1.54, 1.807) is 0 Å². The van der Waals surface area contributed by atoms with Gasteiger partial charge in [0.2, 0.25) is 0 Å². The highest BCUT2D eigenvalue weighted by Crippen LogP contribution is 2.35. The molecule has 0 aromatic carbocycles. The van der Waals surface area contributed by atoms with Gasteiger partial charge in [-0.1, -0.05) is 6.08 Å². The molecule has 0 aliphatic heterocycles. The van der Waals surface area contributed by atoms with Gasteiger partial charge in [-0.3, -0.25) is 0 Å². The zero-order valence-corrected chi connectivity index (χ0v) is 5.45. The van der Waals surface area contributed by atoms with Gasteiger partial charge in [0, 0.05) is 0 Å². The first-order valence-electron chi connectivity index (χ1n) is 2.04. The summed E-state index contributed by atoms with van der Waals surface area (Å²) in [6, 6.07) is 0. The fraction of sp³-hybridized carbons (Fsp3) is 0.333. The van der Waals surface area contributed by atoms with Crippen molar-refractivity contribution in [3.63, 3.8) is 0 Å². The lowest BCUT2D eigenvalue weighted by molar-refractivity contribution is -0.211. The average molecular weight is 154 g/mol. The summed E-state index contributed by atoms with van der Waals surface area (Å²) in [4.78, 5) is 19.9. The molecule has 54 valence electrons. The molecule has 0 saturated heterocycles. The molecule has 0 fully saturated rings. The molecule has 9 heavy (non-hydrogen) atoms. The molecule has 0 unspecified atom stereocenters. The summed E-state index contributed by atoms with van der Waals surface area (Å²) in [7, 11) is -4.47. The highest BCUT2D eigenvalue weighted by atomic mass is 31.2. The molecule has 0 aromatic rings. The van der Waals surface area contributed by atoms with Gasteiger partial charge < -0.3 is 9.79 Å². The van der Waals surface area contributed by atoms with Crippen molar-refractivity contribution in [2.24, 2.45) is 0 Å².